The number of carbonyl (C=O) groups excluding carboxylic acids is 1. The highest BCUT2D eigenvalue weighted by molar-refractivity contribution is 7.11. The number of nitrogens with one attached hydrogen (secondary N) is 1. The third kappa shape index (κ3) is 3.69. The number of hydrogen-bond acceptors (Lipinski definition) is 6. The number of hydrogen-bond donors (Lipinski definition) is 1. The van der Waals surface area contributed by atoms with Crippen molar-refractivity contribution in [1.29, 1.82) is 0 Å². The highest BCUT2D eigenvalue weighted by atomic mass is 32.1. The number of nitro benzene ring substituents is 2. The lowest BCUT2D eigenvalue weighted by atomic mass is 10.1. The van der Waals surface area contributed by atoms with Crippen LogP contribution < -0.4 is 5.32 Å². The molecule has 0 saturated carbocycles. The summed E-state index contributed by atoms with van der Waals surface area (Å²) in [6.45, 7) is 3.47. The van der Waals surface area contributed by atoms with E-state index in [-0.39, 0.29) is 17.7 Å². The van der Waals surface area contributed by atoms with E-state index in [4.69, 9.17) is 0 Å². The molecule has 0 radical (unpaired) electrons. The maximum Gasteiger partial charge on any atom is 0.279 e. The Morgan fingerprint density at radius 2 is 1.70 bits per heavy atom. The van der Waals surface area contributed by atoms with Gasteiger partial charge in [0, 0.05) is 21.9 Å². The van der Waals surface area contributed by atoms with Crippen molar-refractivity contribution in [1.82, 2.24) is 5.32 Å². The summed E-state index contributed by atoms with van der Waals surface area (Å²) in [5.41, 5.74) is -1.08. The van der Waals surface area contributed by atoms with Crippen LogP contribution in [0.1, 0.15) is 25.7 Å². The molecule has 0 unspecified atom stereocenters. The predicted molar refractivity (Wildman–Crippen MR) is 84.7 cm³/mol. The highest BCUT2D eigenvalue weighted by Gasteiger charge is 2.25. The second kappa shape index (κ2) is 6.53. The standard InChI is InChI=1S/C14H13N3O5S/c1-8-3-4-11(23-8)7-15-14(18)10-5-12(16(19)20)9(2)13(6-10)17(21)22/h3-6H,7H2,1-2H3,(H,15,18). The lowest BCUT2D eigenvalue weighted by Crippen LogP contribution is -2.22. The van der Waals surface area contributed by atoms with Gasteiger partial charge in [-0.15, -0.1) is 11.3 Å². The first-order chi connectivity index (χ1) is 10.8. The smallest absolute Gasteiger partial charge is 0.279 e. The Balaban J connectivity index is 2.28. The molecule has 120 valence electrons. The summed E-state index contributed by atoms with van der Waals surface area (Å²) in [4.78, 5) is 34.7. The molecule has 9 heteroatoms. The van der Waals surface area contributed by atoms with Crippen molar-refractivity contribution < 1.29 is 14.6 Å². The van der Waals surface area contributed by atoms with E-state index < -0.39 is 27.1 Å². The first-order valence-corrected chi connectivity index (χ1v) is 7.38. The largest absolute Gasteiger partial charge is 0.347 e. The molecule has 1 amide bonds. The molecule has 0 spiro atoms. The molecule has 0 saturated heterocycles. The van der Waals surface area contributed by atoms with E-state index in [0.29, 0.717) is 0 Å². The van der Waals surface area contributed by atoms with Gasteiger partial charge in [0.2, 0.25) is 0 Å². The Labute approximate surface area is 135 Å². The van der Waals surface area contributed by atoms with Crippen molar-refractivity contribution in [2.75, 3.05) is 0 Å². The molecule has 1 aromatic carbocycles. The summed E-state index contributed by atoms with van der Waals surface area (Å²) < 4.78 is 0. The molecule has 0 atom stereocenters. The van der Waals surface area contributed by atoms with E-state index in [1.807, 2.05) is 19.1 Å². The first kappa shape index (κ1) is 16.6. The van der Waals surface area contributed by atoms with Crippen molar-refractivity contribution in [3.05, 3.63) is 65.4 Å². The van der Waals surface area contributed by atoms with Gasteiger partial charge in [-0.1, -0.05) is 0 Å². The first-order valence-electron chi connectivity index (χ1n) is 6.56. The van der Waals surface area contributed by atoms with Crippen LogP contribution in [0.25, 0.3) is 0 Å². The van der Waals surface area contributed by atoms with Crippen molar-refractivity contribution in [3.8, 4) is 0 Å². The van der Waals surface area contributed by atoms with Crippen molar-refractivity contribution in [2.24, 2.45) is 0 Å². The lowest BCUT2D eigenvalue weighted by molar-refractivity contribution is -0.395. The number of thiophene rings is 1. The Morgan fingerprint density at radius 1 is 1.13 bits per heavy atom. The number of aryl methyl sites for hydroxylation is 1. The zero-order valence-electron chi connectivity index (χ0n) is 12.4. The summed E-state index contributed by atoms with van der Waals surface area (Å²) in [7, 11) is 0. The molecular formula is C14H13N3O5S. The Bertz CT molecular complexity index is 764. The van der Waals surface area contributed by atoms with E-state index in [0.717, 1.165) is 21.9 Å². The van der Waals surface area contributed by atoms with Crippen LogP contribution in [0, 0.1) is 34.1 Å². The number of rotatable bonds is 5. The van der Waals surface area contributed by atoms with Gasteiger partial charge in [-0.3, -0.25) is 25.0 Å². The van der Waals surface area contributed by atoms with Gasteiger partial charge in [0.15, 0.2) is 0 Å². The third-order valence-corrected chi connectivity index (χ3v) is 4.23. The van der Waals surface area contributed by atoms with Gasteiger partial charge in [0.25, 0.3) is 17.3 Å². The fraction of sp³-hybridized carbons (Fsp3) is 0.214. The summed E-state index contributed by atoms with van der Waals surface area (Å²) in [5, 5.41) is 24.6. The van der Waals surface area contributed by atoms with Gasteiger partial charge in [0.1, 0.15) is 5.56 Å². The van der Waals surface area contributed by atoms with E-state index in [1.54, 1.807) is 0 Å². The SMILES string of the molecule is Cc1ccc(CNC(=O)c2cc([N+](=O)[O-])c(C)c([N+](=O)[O-])c2)s1. The molecule has 0 aliphatic heterocycles. The molecule has 23 heavy (non-hydrogen) atoms. The molecule has 8 nitrogen and oxygen atoms in total. The van der Waals surface area contributed by atoms with E-state index in [1.165, 1.54) is 18.3 Å². The molecule has 0 aliphatic rings. The van der Waals surface area contributed by atoms with Gasteiger partial charge in [0.05, 0.1) is 22.0 Å². The zero-order valence-corrected chi connectivity index (χ0v) is 13.2. The molecule has 1 heterocycles. The number of amides is 1. The normalized spacial score (nSPS) is 10.3. The molecular weight excluding hydrogens is 322 g/mol. The number of benzene rings is 1. The number of carbonyl (C=O) groups is 1. The molecule has 1 aromatic heterocycles. The second-order valence-electron chi connectivity index (χ2n) is 4.85. The van der Waals surface area contributed by atoms with Crippen molar-refractivity contribution >= 4 is 28.6 Å². The summed E-state index contributed by atoms with van der Waals surface area (Å²) in [6.07, 6.45) is 0. The van der Waals surface area contributed by atoms with Crippen LogP contribution >= 0.6 is 11.3 Å². The minimum Gasteiger partial charge on any atom is -0.347 e. The van der Waals surface area contributed by atoms with Crippen LogP contribution in [0.5, 0.6) is 0 Å². The molecule has 2 rings (SSSR count). The minimum atomic E-state index is -0.734. The second-order valence-corrected chi connectivity index (χ2v) is 6.22. The zero-order chi connectivity index (χ0) is 17.1. The third-order valence-electron chi connectivity index (χ3n) is 3.23. The Kier molecular flexibility index (Phi) is 4.70. The van der Waals surface area contributed by atoms with Gasteiger partial charge in [-0.25, -0.2) is 0 Å². The maximum atomic E-state index is 12.1. The van der Waals surface area contributed by atoms with Gasteiger partial charge < -0.3 is 5.32 Å². The Hall–Kier alpha value is -2.81. The van der Waals surface area contributed by atoms with Gasteiger partial charge in [-0.05, 0) is 26.0 Å². The average molecular weight is 335 g/mol. The van der Waals surface area contributed by atoms with E-state index in [2.05, 4.69) is 5.32 Å². The van der Waals surface area contributed by atoms with Crippen LogP contribution in [-0.4, -0.2) is 15.8 Å². The Morgan fingerprint density at radius 3 is 2.13 bits per heavy atom. The topological polar surface area (TPSA) is 115 Å². The highest BCUT2D eigenvalue weighted by Crippen LogP contribution is 2.29. The molecule has 0 fully saturated rings. The maximum absolute atomic E-state index is 12.1. The lowest BCUT2D eigenvalue weighted by Gasteiger charge is -2.06. The van der Waals surface area contributed by atoms with Gasteiger partial charge in [-0.2, -0.15) is 0 Å². The van der Waals surface area contributed by atoms with Crippen LogP contribution in [0.2, 0.25) is 0 Å². The van der Waals surface area contributed by atoms with E-state index in [9.17, 15) is 25.0 Å². The summed E-state index contributed by atoms with van der Waals surface area (Å²) in [6, 6.07) is 5.88. The van der Waals surface area contributed by atoms with Crippen molar-refractivity contribution in [3.63, 3.8) is 0 Å². The average Bonchev–Trinajstić information content (AvgIpc) is 2.90. The van der Waals surface area contributed by atoms with Crippen LogP contribution in [0.15, 0.2) is 24.3 Å². The molecule has 0 aliphatic carbocycles. The quantitative estimate of drug-likeness (QED) is 0.666. The minimum absolute atomic E-state index is 0.0783. The van der Waals surface area contributed by atoms with E-state index >= 15 is 0 Å². The molecule has 0 bridgehead atoms. The monoisotopic (exact) mass is 335 g/mol. The van der Waals surface area contributed by atoms with Gasteiger partial charge >= 0.3 is 0 Å². The number of nitrogens with zero attached hydrogens (tertiary/aromatic N) is 2. The van der Waals surface area contributed by atoms with Crippen molar-refractivity contribution in [2.45, 2.75) is 20.4 Å². The number of nitro groups is 2. The summed E-state index contributed by atoms with van der Waals surface area (Å²) >= 11 is 1.51. The fourth-order valence-electron chi connectivity index (χ4n) is 2.04. The van der Waals surface area contributed by atoms with Crippen LogP contribution in [-0.2, 0) is 6.54 Å². The van der Waals surface area contributed by atoms with Crippen LogP contribution in [0.3, 0.4) is 0 Å². The summed E-state index contributed by atoms with van der Waals surface area (Å²) in [5.74, 6) is -0.595. The van der Waals surface area contributed by atoms with Crippen LogP contribution in [0.4, 0.5) is 11.4 Å². The fourth-order valence-corrected chi connectivity index (χ4v) is 2.87. The molecule has 1 N–H and O–H groups in total. The predicted octanol–water partition coefficient (Wildman–Crippen LogP) is 3.11. The molecule has 2 aromatic rings.